The number of nitrogens with one attached hydrogen (secondary N) is 2. The van der Waals surface area contributed by atoms with Crippen LogP contribution in [0.25, 0.3) is 0 Å². The van der Waals surface area contributed by atoms with Crippen LogP contribution in [-0.2, 0) is 0 Å². The van der Waals surface area contributed by atoms with Crippen molar-refractivity contribution in [2.24, 2.45) is 5.92 Å². The monoisotopic (exact) mass is 337 g/mol. The standard InChI is InChI=1S/C18H31N3O3/c1-21(2)16(17-9-6-12-24-17)13-19-18(23)20-15(10-11-22)14-7-4-3-5-8-14/h6,9,12,14-16,22H,3-5,7-8,10-11,13H2,1-2H3,(H2,19,20,23). The van der Waals surface area contributed by atoms with Crippen LogP contribution >= 0.6 is 0 Å². The number of urea groups is 1. The first-order valence-corrected chi connectivity index (χ1v) is 8.97. The molecule has 6 nitrogen and oxygen atoms in total. The summed E-state index contributed by atoms with van der Waals surface area (Å²) < 4.78 is 5.46. The summed E-state index contributed by atoms with van der Waals surface area (Å²) in [5.74, 6) is 1.31. The molecule has 2 atom stereocenters. The molecule has 0 radical (unpaired) electrons. The minimum absolute atomic E-state index is 0.00303. The summed E-state index contributed by atoms with van der Waals surface area (Å²) in [6, 6.07) is 3.65. The van der Waals surface area contributed by atoms with E-state index in [-0.39, 0.29) is 24.7 Å². The molecule has 1 aromatic rings. The molecule has 1 aliphatic rings. The SMILES string of the molecule is CN(C)C(CNC(=O)NC(CCO)C1CCCCC1)c1ccco1. The van der Waals surface area contributed by atoms with Crippen molar-refractivity contribution in [3.63, 3.8) is 0 Å². The lowest BCUT2D eigenvalue weighted by molar-refractivity contribution is 0.192. The van der Waals surface area contributed by atoms with E-state index in [0.717, 1.165) is 18.6 Å². The smallest absolute Gasteiger partial charge is 0.315 e. The zero-order chi connectivity index (χ0) is 17.4. The number of nitrogens with zero attached hydrogens (tertiary/aromatic N) is 1. The summed E-state index contributed by atoms with van der Waals surface area (Å²) in [6.45, 7) is 0.580. The van der Waals surface area contributed by atoms with Gasteiger partial charge in [-0.1, -0.05) is 19.3 Å². The second-order valence-corrected chi connectivity index (χ2v) is 6.87. The van der Waals surface area contributed by atoms with Crippen LogP contribution in [0.15, 0.2) is 22.8 Å². The zero-order valence-electron chi connectivity index (χ0n) is 14.8. The van der Waals surface area contributed by atoms with Crippen molar-refractivity contribution in [3.8, 4) is 0 Å². The van der Waals surface area contributed by atoms with E-state index < -0.39 is 0 Å². The van der Waals surface area contributed by atoms with E-state index in [2.05, 4.69) is 10.6 Å². The molecule has 136 valence electrons. The number of likely N-dealkylation sites (N-methyl/N-ethyl adjacent to an activating group) is 1. The van der Waals surface area contributed by atoms with Crippen molar-refractivity contribution in [2.45, 2.75) is 50.6 Å². The van der Waals surface area contributed by atoms with Crippen LogP contribution in [0.1, 0.15) is 50.3 Å². The van der Waals surface area contributed by atoms with Gasteiger partial charge in [-0.2, -0.15) is 0 Å². The van der Waals surface area contributed by atoms with Crippen molar-refractivity contribution in [1.82, 2.24) is 15.5 Å². The van der Waals surface area contributed by atoms with E-state index >= 15 is 0 Å². The van der Waals surface area contributed by atoms with E-state index in [0.29, 0.717) is 18.9 Å². The molecule has 1 saturated carbocycles. The Hall–Kier alpha value is -1.53. The van der Waals surface area contributed by atoms with Gasteiger partial charge in [0.25, 0.3) is 0 Å². The van der Waals surface area contributed by atoms with Gasteiger partial charge in [0.2, 0.25) is 0 Å². The molecule has 0 bridgehead atoms. The highest BCUT2D eigenvalue weighted by atomic mass is 16.3. The Kier molecular flexibility index (Phi) is 7.59. The molecule has 2 rings (SSSR count). The molecule has 1 fully saturated rings. The van der Waals surface area contributed by atoms with Gasteiger partial charge in [-0.15, -0.1) is 0 Å². The number of carbonyl (C=O) groups is 1. The van der Waals surface area contributed by atoms with Gasteiger partial charge < -0.3 is 20.2 Å². The first kappa shape index (κ1) is 18.8. The second kappa shape index (κ2) is 9.69. The molecule has 6 heteroatoms. The number of aliphatic hydroxyl groups is 1. The number of furan rings is 1. The number of hydrogen-bond acceptors (Lipinski definition) is 4. The van der Waals surface area contributed by atoms with Gasteiger partial charge in [0.1, 0.15) is 5.76 Å². The van der Waals surface area contributed by atoms with Gasteiger partial charge >= 0.3 is 6.03 Å². The molecule has 1 heterocycles. The summed E-state index contributed by atoms with van der Waals surface area (Å²) in [4.78, 5) is 14.3. The van der Waals surface area contributed by atoms with Crippen molar-refractivity contribution in [1.29, 1.82) is 0 Å². The summed E-state index contributed by atoms with van der Waals surface area (Å²) in [6.07, 6.45) is 8.26. The third kappa shape index (κ3) is 5.53. The minimum atomic E-state index is -0.169. The molecule has 3 N–H and O–H groups in total. The number of aliphatic hydroxyl groups excluding tert-OH is 1. The van der Waals surface area contributed by atoms with Gasteiger partial charge in [0.05, 0.1) is 12.3 Å². The van der Waals surface area contributed by atoms with Crippen molar-refractivity contribution < 1.29 is 14.3 Å². The Labute approximate surface area is 144 Å². The number of amides is 2. The van der Waals surface area contributed by atoms with Crippen LogP contribution in [0.2, 0.25) is 0 Å². The van der Waals surface area contributed by atoms with Gasteiger partial charge in [-0.25, -0.2) is 4.79 Å². The van der Waals surface area contributed by atoms with E-state index in [4.69, 9.17) is 4.42 Å². The summed E-state index contributed by atoms with van der Waals surface area (Å²) >= 11 is 0. The summed E-state index contributed by atoms with van der Waals surface area (Å²) in [7, 11) is 3.92. The number of carbonyl (C=O) groups excluding carboxylic acids is 1. The Bertz CT molecular complexity index is 470. The molecular weight excluding hydrogens is 306 g/mol. The second-order valence-electron chi connectivity index (χ2n) is 6.87. The molecule has 1 aliphatic carbocycles. The molecule has 2 unspecified atom stereocenters. The molecule has 1 aromatic heterocycles. The molecule has 0 saturated heterocycles. The van der Waals surface area contributed by atoms with Crippen LogP contribution in [0, 0.1) is 5.92 Å². The predicted octanol–water partition coefficient (Wildman–Crippen LogP) is 2.51. The van der Waals surface area contributed by atoms with Gasteiger partial charge in [0, 0.05) is 19.2 Å². The lowest BCUT2D eigenvalue weighted by atomic mass is 9.83. The first-order chi connectivity index (χ1) is 11.6. The summed E-state index contributed by atoms with van der Waals surface area (Å²) in [5.41, 5.74) is 0. The molecule has 0 aliphatic heterocycles. The van der Waals surface area contributed by atoms with Crippen molar-refractivity contribution >= 4 is 6.03 Å². The van der Waals surface area contributed by atoms with E-state index in [9.17, 15) is 9.90 Å². The Morgan fingerprint density at radius 2 is 2.12 bits per heavy atom. The maximum Gasteiger partial charge on any atom is 0.315 e. The predicted molar refractivity (Wildman–Crippen MR) is 93.7 cm³/mol. The molecule has 0 spiro atoms. The Morgan fingerprint density at radius 1 is 1.38 bits per heavy atom. The maximum absolute atomic E-state index is 12.3. The van der Waals surface area contributed by atoms with Crippen molar-refractivity contribution in [2.75, 3.05) is 27.2 Å². The highest BCUT2D eigenvalue weighted by Crippen LogP contribution is 2.27. The summed E-state index contributed by atoms with van der Waals surface area (Å²) in [5, 5.41) is 15.3. The highest BCUT2D eigenvalue weighted by molar-refractivity contribution is 5.74. The first-order valence-electron chi connectivity index (χ1n) is 8.97. The average Bonchev–Trinajstić information content (AvgIpc) is 3.09. The molecule has 0 aromatic carbocycles. The Balaban J connectivity index is 1.85. The number of hydrogen-bond donors (Lipinski definition) is 3. The molecular formula is C18H31N3O3. The lowest BCUT2D eigenvalue weighted by Gasteiger charge is -2.31. The van der Waals surface area contributed by atoms with Crippen LogP contribution in [0.5, 0.6) is 0 Å². The molecule has 24 heavy (non-hydrogen) atoms. The van der Waals surface area contributed by atoms with Gasteiger partial charge in [-0.3, -0.25) is 4.90 Å². The number of rotatable bonds is 8. The third-order valence-electron chi connectivity index (χ3n) is 4.93. The fourth-order valence-corrected chi connectivity index (χ4v) is 3.53. The lowest BCUT2D eigenvalue weighted by Crippen LogP contribution is -2.48. The zero-order valence-corrected chi connectivity index (χ0v) is 14.8. The van der Waals surface area contributed by atoms with Crippen molar-refractivity contribution in [3.05, 3.63) is 24.2 Å². The molecule has 2 amide bonds. The average molecular weight is 337 g/mol. The van der Waals surface area contributed by atoms with E-state index in [1.165, 1.54) is 19.3 Å². The van der Waals surface area contributed by atoms with E-state index in [1.54, 1.807) is 6.26 Å². The van der Waals surface area contributed by atoms with Crippen LogP contribution < -0.4 is 10.6 Å². The maximum atomic E-state index is 12.3. The fraction of sp³-hybridized carbons (Fsp3) is 0.722. The van der Waals surface area contributed by atoms with E-state index in [1.807, 2.05) is 31.1 Å². The topological polar surface area (TPSA) is 77.7 Å². The minimum Gasteiger partial charge on any atom is -0.468 e. The van der Waals surface area contributed by atoms with Gasteiger partial charge in [0.15, 0.2) is 0 Å². The Morgan fingerprint density at radius 3 is 2.71 bits per heavy atom. The van der Waals surface area contributed by atoms with Crippen LogP contribution in [0.3, 0.4) is 0 Å². The highest BCUT2D eigenvalue weighted by Gasteiger charge is 2.25. The largest absolute Gasteiger partial charge is 0.468 e. The van der Waals surface area contributed by atoms with Crippen LogP contribution in [0.4, 0.5) is 4.79 Å². The third-order valence-corrected chi connectivity index (χ3v) is 4.93. The fourth-order valence-electron chi connectivity index (χ4n) is 3.53. The quantitative estimate of drug-likeness (QED) is 0.681. The van der Waals surface area contributed by atoms with Gasteiger partial charge in [-0.05, 0) is 51.4 Å². The normalized spacial score (nSPS) is 18.3. The van der Waals surface area contributed by atoms with Crippen LogP contribution in [-0.4, -0.2) is 49.3 Å².